The molecule has 0 atom stereocenters. The smallest absolute Gasteiger partial charge is 0.329 e. The second kappa shape index (κ2) is 8.73. The molecule has 4 rings (SSSR count). The maximum atomic E-state index is 13.4. The number of aryl methyl sites for hydroxylation is 1. The van der Waals surface area contributed by atoms with Crippen molar-refractivity contribution in [3.05, 3.63) is 78.8 Å². The summed E-state index contributed by atoms with van der Waals surface area (Å²) in [6.07, 6.45) is 3.29. The largest absolute Gasteiger partial charge is 0.474 e. The van der Waals surface area contributed by atoms with Crippen LogP contribution in [-0.2, 0) is 0 Å². The number of nitrogens with zero attached hydrogens (tertiary/aromatic N) is 4. The van der Waals surface area contributed by atoms with E-state index in [-0.39, 0.29) is 12.1 Å². The standard InChI is InChI=1S/C23H24N4O2/c1-18-24-15-12-22(25-18)29-21-13-16-26(17-14-21)23(28)27(19-8-4-2-5-9-19)20-10-6-3-7-11-20/h2-12,15,21H,13-14,16-17H2,1H3. The first-order chi connectivity index (χ1) is 14.2. The van der Waals surface area contributed by atoms with Crippen molar-refractivity contribution in [3.63, 3.8) is 0 Å². The van der Waals surface area contributed by atoms with Gasteiger partial charge in [0.15, 0.2) is 0 Å². The molecule has 1 saturated heterocycles. The van der Waals surface area contributed by atoms with E-state index in [0.717, 1.165) is 24.2 Å². The van der Waals surface area contributed by atoms with E-state index in [4.69, 9.17) is 4.74 Å². The van der Waals surface area contributed by atoms with Gasteiger partial charge in [-0.25, -0.2) is 9.78 Å². The summed E-state index contributed by atoms with van der Waals surface area (Å²) in [7, 11) is 0. The number of amides is 2. The molecule has 0 unspecified atom stereocenters. The molecular formula is C23H24N4O2. The Kier molecular flexibility index (Phi) is 5.70. The van der Waals surface area contributed by atoms with Crippen molar-refractivity contribution in [1.82, 2.24) is 14.9 Å². The average molecular weight is 388 g/mol. The molecule has 0 N–H and O–H groups in total. The third kappa shape index (κ3) is 4.54. The monoisotopic (exact) mass is 388 g/mol. The van der Waals surface area contributed by atoms with Gasteiger partial charge in [-0.1, -0.05) is 36.4 Å². The summed E-state index contributed by atoms with van der Waals surface area (Å²) < 4.78 is 5.99. The molecule has 0 spiro atoms. The number of piperidine rings is 1. The maximum absolute atomic E-state index is 13.4. The topological polar surface area (TPSA) is 58.6 Å². The molecule has 0 radical (unpaired) electrons. The van der Waals surface area contributed by atoms with Crippen molar-refractivity contribution in [2.45, 2.75) is 25.9 Å². The van der Waals surface area contributed by atoms with Gasteiger partial charge < -0.3 is 9.64 Å². The van der Waals surface area contributed by atoms with E-state index in [1.165, 1.54) is 0 Å². The van der Waals surface area contributed by atoms with Crippen LogP contribution in [0.5, 0.6) is 5.88 Å². The summed E-state index contributed by atoms with van der Waals surface area (Å²) in [5.74, 6) is 1.29. The fourth-order valence-corrected chi connectivity index (χ4v) is 3.50. The van der Waals surface area contributed by atoms with Crippen LogP contribution in [0.1, 0.15) is 18.7 Å². The number of hydrogen-bond donors (Lipinski definition) is 0. The number of rotatable bonds is 4. The maximum Gasteiger partial charge on any atom is 0.329 e. The second-order valence-corrected chi connectivity index (χ2v) is 7.04. The van der Waals surface area contributed by atoms with Gasteiger partial charge in [0.05, 0.1) is 11.4 Å². The molecular weight excluding hydrogens is 364 g/mol. The minimum absolute atomic E-state index is 0.0151. The number of likely N-dealkylation sites (tertiary alicyclic amines) is 1. The van der Waals surface area contributed by atoms with Crippen molar-refractivity contribution in [1.29, 1.82) is 0 Å². The Morgan fingerprint density at radius 2 is 1.55 bits per heavy atom. The lowest BCUT2D eigenvalue weighted by Gasteiger charge is -2.35. The first-order valence-electron chi connectivity index (χ1n) is 9.86. The van der Waals surface area contributed by atoms with Gasteiger partial charge in [-0.3, -0.25) is 4.90 Å². The van der Waals surface area contributed by atoms with Crippen LogP contribution >= 0.6 is 0 Å². The van der Waals surface area contributed by atoms with Gasteiger partial charge >= 0.3 is 6.03 Å². The molecule has 1 aromatic heterocycles. The third-order valence-corrected chi connectivity index (χ3v) is 4.97. The van der Waals surface area contributed by atoms with Crippen molar-refractivity contribution in [3.8, 4) is 5.88 Å². The molecule has 1 aliphatic rings. The van der Waals surface area contributed by atoms with Gasteiger partial charge in [0.1, 0.15) is 11.9 Å². The first kappa shape index (κ1) is 18.9. The van der Waals surface area contributed by atoms with E-state index in [0.29, 0.717) is 24.8 Å². The molecule has 29 heavy (non-hydrogen) atoms. The van der Waals surface area contributed by atoms with Gasteiger partial charge in [0.25, 0.3) is 0 Å². The first-order valence-corrected chi connectivity index (χ1v) is 9.86. The van der Waals surface area contributed by atoms with Gasteiger partial charge in [-0.05, 0) is 31.2 Å². The highest BCUT2D eigenvalue weighted by Crippen LogP contribution is 2.28. The summed E-state index contributed by atoms with van der Waals surface area (Å²) in [6, 6.07) is 21.3. The van der Waals surface area contributed by atoms with Crippen LogP contribution in [0.2, 0.25) is 0 Å². The lowest BCUT2D eigenvalue weighted by Crippen LogP contribution is -2.47. The van der Waals surface area contributed by atoms with Crippen molar-refractivity contribution in [2.75, 3.05) is 18.0 Å². The molecule has 6 heteroatoms. The molecule has 0 saturated carbocycles. The summed E-state index contributed by atoms with van der Waals surface area (Å²) in [4.78, 5) is 25.5. The van der Waals surface area contributed by atoms with Crippen molar-refractivity contribution < 1.29 is 9.53 Å². The van der Waals surface area contributed by atoms with Crippen LogP contribution in [-0.4, -0.2) is 40.1 Å². The summed E-state index contributed by atoms with van der Waals surface area (Å²) in [5.41, 5.74) is 1.72. The Morgan fingerprint density at radius 1 is 0.966 bits per heavy atom. The quantitative estimate of drug-likeness (QED) is 0.656. The summed E-state index contributed by atoms with van der Waals surface area (Å²) >= 11 is 0. The molecule has 148 valence electrons. The van der Waals surface area contributed by atoms with Crippen LogP contribution in [0.25, 0.3) is 0 Å². The van der Waals surface area contributed by atoms with Crippen molar-refractivity contribution >= 4 is 17.4 Å². The van der Waals surface area contributed by atoms with Gasteiger partial charge in [0.2, 0.25) is 5.88 Å². The summed E-state index contributed by atoms with van der Waals surface area (Å²) in [6.45, 7) is 3.13. The zero-order valence-corrected chi connectivity index (χ0v) is 16.4. The fourth-order valence-electron chi connectivity index (χ4n) is 3.50. The minimum Gasteiger partial charge on any atom is -0.474 e. The average Bonchev–Trinajstić information content (AvgIpc) is 2.76. The predicted octanol–water partition coefficient (Wildman–Crippen LogP) is 4.59. The molecule has 0 bridgehead atoms. The normalized spacial score (nSPS) is 14.4. The fraction of sp³-hybridized carbons (Fsp3) is 0.261. The molecule has 2 aromatic carbocycles. The third-order valence-electron chi connectivity index (χ3n) is 4.97. The molecule has 1 fully saturated rings. The number of anilines is 2. The van der Waals surface area contributed by atoms with Crippen molar-refractivity contribution in [2.24, 2.45) is 0 Å². The number of ether oxygens (including phenoxy) is 1. The Hall–Kier alpha value is -3.41. The number of urea groups is 1. The zero-order chi connectivity index (χ0) is 20.1. The van der Waals surface area contributed by atoms with Gasteiger partial charge in [-0.2, -0.15) is 4.98 Å². The Bertz CT molecular complexity index is 902. The van der Waals surface area contributed by atoms with Crippen LogP contribution in [0.3, 0.4) is 0 Å². The van der Waals surface area contributed by atoms with Crippen LogP contribution in [0.15, 0.2) is 72.9 Å². The zero-order valence-electron chi connectivity index (χ0n) is 16.4. The van der Waals surface area contributed by atoms with Crippen LogP contribution in [0.4, 0.5) is 16.2 Å². The summed E-state index contributed by atoms with van der Waals surface area (Å²) in [5, 5.41) is 0. The molecule has 3 aromatic rings. The molecule has 6 nitrogen and oxygen atoms in total. The molecule has 0 aliphatic carbocycles. The SMILES string of the molecule is Cc1nccc(OC2CCN(C(=O)N(c3ccccc3)c3ccccc3)CC2)n1. The number of carbonyl (C=O) groups is 1. The number of aromatic nitrogens is 2. The number of benzene rings is 2. The van der Waals surface area contributed by atoms with Crippen LogP contribution < -0.4 is 9.64 Å². The highest BCUT2D eigenvalue weighted by molar-refractivity contribution is 5.99. The molecule has 2 amide bonds. The number of para-hydroxylation sites is 2. The minimum atomic E-state index is -0.0151. The van der Waals surface area contributed by atoms with E-state index in [9.17, 15) is 4.79 Å². The van der Waals surface area contributed by atoms with Crippen LogP contribution in [0, 0.1) is 6.92 Å². The van der Waals surface area contributed by atoms with Gasteiger partial charge in [0, 0.05) is 38.2 Å². The van der Waals surface area contributed by atoms with E-state index in [1.54, 1.807) is 17.2 Å². The highest BCUT2D eigenvalue weighted by Gasteiger charge is 2.29. The lowest BCUT2D eigenvalue weighted by molar-refractivity contribution is 0.110. The Morgan fingerprint density at radius 3 is 2.10 bits per heavy atom. The lowest BCUT2D eigenvalue weighted by atomic mass is 10.1. The Balaban J connectivity index is 1.45. The second-order valence-electron chi connectivity index (χ2n) is 7.04. The van der Waals surface area contributed by atoms with Gasteiger partial charge in [-0.15, -0.1) is 0 Å². The van der Waals surface area contributed by atoms with E-state index in [1.807, 2.05) is 72.5 Å². The van der Waals surface area contributed by atoms with E-state index in [2.05, 4.69) is 9.97 Å². The van der Waals surface area contributed by atoms with E-state index >= 15 is 0 Å². The number of hydrogen-bond acceptors (Lipinski definition) is 4. The highest BCUT2D eigenvalue weighted by atomic mass is 16.5. The number of carbonyl (C=O) groups excluding carboxylic acids is 1. The Labute approximate surface area is 170 Å². The molecule has 2 heterocycles. The molecule has 1 aliphatic heterocycles. The predicted molar refractivity (Wildman–Crippen MR) is 112 cm³/mol. The van der Waals surface area contributed by atoms with E-state index < -0.39 is 0 Å².